The SMILES string of the molecule is CC(C)c1noc([C@H]2CCCN(C(=O)c3cn[nH]c3C3CCCCC3)C2)n1. The van der Waals surface area contributed by atoms with Crippen LogP contribution in [0.2, 0.25) is 0 Å². The van der Waals surface area contributed by atoms with Crippen molar-refractivity contribution in [3.8, 4) is 0 Å². The average molecular weight is 371 g/mol. The molecule has 146 valence electrons. The lowest BCUT2D eigenvalue weighted by atomic mass is 9.85. The molecule has 2 aromatic heterocycles. The maximum Gasteiger partial charge on any atom is 0.257 e. The van der Waals surface area contributed by atoms with Crippen molar-refractivity contribution in [1.29, 1.82) is 0 Å². The van der Waals surface area contributed by atoms with Crippen LogP contribution in [0, 0.1) is 0 Å². The second-order valence-electron chi connectivity index (χ2n) is 8.27. The van der Waals surface area contributed by atoms with Crippen LogP contribution in [0.3, 0.4) is 0 Å². The number of rotatable bonds is 4. The van der Waals surface area contributed by atoms with E-state index in [0.717, 1.165) is 49.3 Å². The fourth-order valence-electron chi connectivity index (χ4n) is 4.35. The standard InChI is InChI=1S/C20H29N5O2/c1-13(2)18-22-19(27-24-18)15-9-6-10-25(12-15)20(26)16-11-21-23-17(16)14-7-4-3-5-8-14/h11,13-15H,3-10,12H2,1-2H3,(H,21,23)/t15-/m0/s1. The zero-order valence-corrected chi connectivity index (χ0v) is 16.3. The molecule has 1 N–H and O–H groups in total. The lowest BCUT2D eigenvalue weighted by Gasteiger charge is -2.31. The van der Waals surface area contributed by atoms with Gasteiger partial charge in [0.25, 0.3) is 5.91 Å². The van der Waals surface area contributed by atoms with E-state index in [1.165, 1.54) is 19.3 Å². The third-order valence-corrected chi connectivity index (χ3v) is 5.94. The van der Waals surface area contributed by atoms with E-state index in [2.05, 4.69) is 34.2 Å². The minimum atomic E-state index is 0.0811. The highest BCUT2D eigenvalue weighted by Gasteiger charge is 2.32. The van der Waals surface area contributed by atoms with Crippen molar-refractivity contribution >= 4 is 5.91 Å². The van der Waals surface area contributed by atoms with Gasteiger partial charge in [-0.05, 0) is 25.7 Å². The summed E-state index contributed by atoms with van der Waals surface area (Å²) in [6, 6.07) is 0. The molecule has 0 aromatic carbocycles. The maximum atomic E-state index is 13.2. The van der Waals surface area contributed by atoms with Crippen LogP contribution in [-0.4, -0.2) is 44.2 Å². The highest BCUT2D eigenvalue weighted by atomic mass is 16.5. The fourth-order valence-corrected chi connectivity index (χ4v) is 4.35. The van der Waals surface area contributed by atoms with Crippen LogP contribution in [0.25, 0.3) is 0 Å². The number of aromatic amines is 1. The fraction of sp³-hybridized carbons (Fsp3) is 0.700. The van der Waals surface area contributed by atoms with Gasteiger partial charge in [0, 0.05) is 24.9 Å². The van der Waals surface area contributed by atoms with Gasteiger partial charge in [-0.1, -0.05) is 38.3 Å². The summed E-state index contributed by atoms with van der Waals surface area (Å²) < 4.78 is 5.49. The predicted molar refractivity (Wildman–Crippen MR) is 101 cm³/mol. The second kappa shape index (κ2) is 7.82. The number of carbonyl (C=O) groups is 1. The van der Waals surface area contributed by atoms with Crippen molar-refractivity contribution in [3.05, 3.63) is 29.2 Å². The number of nitrogens with one attached hydrogen (secondary N) is 1. The summed E-state index contributed by atoms with van der Waals surface area (Å²) in [5.74, 6) is 2.28. The molecule has 2 aliphatic rings. The highest BCUT2D eigenvalue weighted by Crippen LogP contribution is 2.34. The van der Waals surface area contributed by atoms with Crippen molar-refractivity contribution in [2.75, 3.05) is 13.1 Å². The summed E-state index contributed by atoms with van der Waals surface area (Å²) in [5.41, 5.74) is 1.78. The lowest BCUT2D eigenvalue weighted by molar-refractivity contribution is 0.0693. The third kappa shape index (κ3) is 3.77. The van der Waals surface area contributed by atoms with Gasteiger partial charge >= 0.3 is 0 Å². The topological polar surface area (TPSA) is 87.9 Å². The van der Waals surface area contributed by atoms with E-state index in [4.69, 9.17) is 4.52 Å². The highest BCUT2D eigenvalue weighted by molar-refractivity contribution is 5.95. The van der Waals surface area contributed by atoms with Gasteiger partial charge in [0.2, 0.25) is 5.89 Å². The summed E-state index contributed by atoms with van der Waals surface area (Å²) >= 11 is 0. The summed E-state index contributed by atoms with van der Waals surface area (Å²) in [6.07, 6.45) is 9.69. The molecule has 3 heterocycles. The molecule has 0 bridgehead atoms. The monoisotopic (exact) mass is 371 g/mol. The van der Waals surface area contributed by atoms with E-state index >= 15 is 0 Å². The molecule has 0 unspecified atom stereocenters. The molecule has 1 saturated carbocycles. The number of amides is 1. The summed E-state index contributed by atoms with van der Waals surface area (Å²) in [6.45, 7) is 5.51. The molecular weight excluding hydrogens is 342 g/mol. The Labute approximate surface area is 159 Å². The molecule has 7 heteroatoms. The van der Waals surface area contributed by atoms with Gasteiger partial charge in [-0.15, -0.1) is 0 Å². The van der Waals surface area contributed by atoms with E-state index < -0.39 is 0 Å². The molecule has 27 heavy (non-hydrogen) atoms. The molecule has 1 saturated heterocycles. The normalized spacial score (nSPS) is 21.7. The molecule has 1 atom stereocenters. The van der Waals surface area contributed by atoms with Crippen LogP contribution >= 0.6 is 0 Å². The summed E-state index contributed by atoms with van der Waals surface area (Å²) in [5, 5.41) is 11.4. The molecular formula is C20H29N5O2. The Balaban J connectivity index is 1.48. The first-order valence-electron chi connectivity index (χ1n) is 10.3. The van der Waals surface area contributed by atoms with Crippen LogP contribution in [0.4, 0.5) is 0 Å². The van der Waals surface area contributed by atoms with E-state index in [1.807, 2.05) is 4.90 Å². The molecule has 4 rings (SSSR count). The van der Waals surface area contributed by atoms with Crippen LogP contribution in [-0.2, 0) is 0 Å². The zero-order chi connectivity index (χ0) is 18.8. The number of H-pyrrole nitrogens is 1. The average Bonchev–Trinajstić information content (AvgIpc) is 3.38. The number of hydrogen-bond acceptors (Lipinski definition) is 5. The van der Waals surface area contributed by atoms with E-state index in [9.17, 15) is 4.79 Å². The van der Waals surface area contributed by atoms with E-state index in [-0.39, 0.29) is 17.7 Å². The predicted octanol–water partition coefficient (Wildman–Crippen LogP) is 3.98. The number of hydrogen-bond donors (Lipinski definition) is 1. The van der Waals surface area contributed by atoms with Crippen molar-refractivity contribution in [1.82, 2.24) is 25.2 Å². The van der Waals surface area contributed by atoms with Gasteiger partial charge in [0.15, 0.2) is 5.82 Å². The first kappa shape index (κ1) is 18.2. The van der Waals surface area contributed by atoms with Gasteiger partial charge in [-0.3, -0.25) is 9.89 Å². The third-order valence-electron chi connectivity index (χ3n) is 5.94. The first-order chi connectivity index (χ1) is 13.1. The molecule has 1 aliphatic heterocycles. The number of piperidine rings is 1. The smallest absolute Gasteiger partial charge is 0.257 e. The minimum absolute atomic E-state index is 0.0811. The van der Waals surface area contributed by atoms with Crippen LogP contribution < -0.4 is 0 Å². The Bertz CT molecular complexity index is 775. The molecule has 0 radical (unpaired) electrons. The minimum Gasteiger partial charge on any atom is -0.339 e. The Morgan fingerprint density at radius 3 is 2.70 bits per heavy atom. The van der Waals surface area contributed by atoms with Crippen LogP contribution in [0.1, 0.15) is 104 Å². The Kier molecular flexibility index (Phi) is 5.27. The number of carbonyl (C=O) groups excluding carboxylic acids is 1. The van der Waals surface area contributed by atoms with Crippen LogP contribution in [0.5, 0.6) is 0 Å². The van der Waals surface area contributed by atoms with E-state index in [0.29, 0.717) is 18.4 Å². The number of aromatic nitrogens is 4. The summed E-state index contributed by atoms with van der Waals surface area (Å²) in [4.78, 5) is 19.7. The maximum absolute atomic E-state index is 13.2. The Morgan fingerprint density at radius 1 is 1.19 bits per heavy atom. The molecule has 7 nitrogen and oxygen atoms in total. The van der Waals surface area contributed by atoms with Gasteiger partial charge in [0.05, 0.1) is 23.4 Å². The molecule has 1 aliphatic carbocycles. The molecule has 2 fully saturated rings. The van der Waals surface area contributed by atoms with Crippen LogP contribution in [0.15, 0.2) is 10.7 Å². The molecule has 0 spiro atoms. The summed E-state index contributed by atoms with van der Waals surface area (Å²) in [7, 11) is 0. The largest absolute Gasteiger partial charge is 0.339 e. The van der Waals surface area contributed by atoms with Crippen molar-refractivity contribution < 1.29 is 9.32 Å². The van der Waals surface area contributed by atoms with Crippen molar-refractivity contribution in [2.45, 2.75) is 76.5 Å². The zero-order valence-electron chi connectivity index (χ0n) is 16.3. The molecule has 2 aromatic rings. The quantitative estimate of drug-likeness (QED) is 0.878. The lowest BCUT2D eigenvalue weighted by Crippen LogP contribution is -2.39. The molecule has 1 amide bonds. The van der Waals surface area contributed by atoms with Gasteiger partial charge in [-0.2, -0.15) is 10.1 Å². The van der Waals surface area contributed by atoms with Gasteiger partial charge < -0.3 is 9.42 Å². The van der Waals surface area contributed by atoms with Gasteiger partial charge in [0.1, 0.15) is 0 Å². The second-order valence-corrected chi connectivity index (χ2v) is 8.27. The first-order valence-corrected chi connectivity index (χ1v) is 10.3. The number of nitrogens with zero attached hydrogens (tertiary/aromatic N) is 4. The number of likely N-dealkylation sites (tertiary alicyclic amines) is 1. The van der Waals surface area contributed by atoms with Crippen molar-refractivity contribution in [3.63, 3.8) is 0 Å². The van der Waals surface area contributed by atoms with E-state index in [1.54, 1.807) is 6.20 Å². The van der Waals surface area contributed by atoms with Gasteiger partial charge in [-0.25, -0.2) is 0 Å². The van der Waals surface area contributed by atoms with Crippen molar-refractivity contribution in [2.24, 2.45) is 0 Å². The Hall–Kier alpha value is -2.18. The Morgan fingerprint density at radius 2 is 1.96 bits per heavy atom.